The predicted octanol–water partition coefficient (Wildman–Crippen LogP) is 12.6. The molecule has 0 radical (unpaired) electrons. The van der Waals surface area contributed by atoms with Crippen LogP contribution in [0.1, 0.15) is 25.0 Å². The molecule has 10 aromatic rings. The van der Waals surface area contributed by atoms with E-state index in [1.807, 2.05) is 18.2 Å². The summed E-state index contributed by atoms with van der Waals surface area (Å²) in [6.07, 6.45) is 0. The molecule has 4 nitrogen and oxygen atoms in total. The summed E-state index contributed by atoms with van der Waals surface area (Å²) in [5.74, 6) is 1.96. The summed E-state index contributed by atoms with van der Waals surface area (Å²) in [5, 5.41) is 5.03. The maximum atomic E-state index is 5.19. The largest absolute Gasteiger partial charge is 0.309 e. The van der Waals surface area contributed by atoms with Gasteiger partial charge in [0.2, 0.25) is 0 Å². The summed E-state index contributed by atoms with van der Waals surface area (Å²) in [5.41, 5.74) is 11.6. The van der Waals surface area contributed by atoms with Gasteiger partial charge in [-0.3, -0.25) is 0 Å². The van der Waals surface area contributed by atoms with Gasteiger partial charge in [0.1, 0.15) is 0 Å². The average Bonchev–Trinajstić information content (AvgIpc) is 3.83. The topological polar surface area (TPSA) is 43.6 Å². The third kappa shape index (κ3) is 4.51. The van der Waals surface area contributed by atoms with Crippen molar-refractivity contribution in [3.05, 3.63) is 169 Å². The molecule has 53 heavy (non-hydrogen) atoms. The second-order valence-electron chi connectivity index (χ2n) is 14.4. The van der Waals surface area contributed by atoms with Gasteiger partial charge in [-0.25, -0.2) is 15.0 Å². The van der Waals surface area contributed by atoms with Crippen LogP contribution in [0.15, 0.2) is 158 Å². The van der Waals surface area contributed by atoms with E-state index in [1.165, 1.54) is 64.2 Å². The van der Waals surface area contributed by atoms with Gasteiger partial charge >= 0.3 is 0 Å². The Morgan fingerprint density at radius 2 is 1.11 bits per heavy atom. The zero-order chi connectivity index (χ0) is 35.3. The van der Waals surface area contributed by atoms with Gasteiger partial charge in [0.15, 0.2) is 17.5 Å². The second-order valence-corrected chi connectivity index (χ2v) is 15.5. The monoisotopic (exact) mass is 696 g/mol. The smallest absolute Gasteiger partial charge is 0.164 e. The number of aromatic nitrogens is 4. The van der Waals surface area contributed by atoms with Crippen LogP contribution in [-0.4, -0.2) is 19.5 Å². The molecule has 3 heterocycles. The Bertz CT molecular complexity index is 3100. The zero-order valence-electron chi connectivity index (χ0n) is 29.2. The number of rotatable bonds is 4. The number of para-hydroxylation sites is 1. The number of fused-ring (bicyclic) bond motifs is 10. The van der Waals surface area contributed by atoms with E-state index < -0.39 is 0 Å². The molecule has 0 spiro atoms. The van der Waals surface area contributed by atoms with Crippen LogP contribution in [0.2, 0.25) is 0 Å². The minimum absolute atomic E-state index is 0.168. The summed E-state index contributed by atoms with van der Waals surface area (Å²) in [6, 6.07) is 56.3. The molecular weight excluding hydrogens is 665 g/mol. The van der Waals surface area contributed by atoms with Crippen LogP contribution < -0.4 is 0 Å². The Morgan fingerprint density at radius 1 is 0.472 bits per heavy atom. The zero-order valence-corrected chi connectivity index (χ0v) is 30.0. The quantitative estimate of drug-likeness (QED) is 0.184. The lowest BCUT2D eigenvalue weighted by Gasteiger charge is -2.23. The Balaban J connectivity index is 1.13. The molecule has 3 aromatic heterocycles. The summed E-state index contributed by atoms with van der Waals surface area (Å²) >= 11 is 1.80. The first-order valence-corrected chi connectivity index (χ1v) is 18.9. The molecule has 0 unspecified atom stereocenters. The molecule has 5 heteroatoms. The van der Waals surface area contributed by atoms with Crippen molar-refractivity contribution >= 4 is 53.3 Å². The highest BCUT2D eigenvalue weighted by molar-refractivity contribution is 7.25. The highest BCUT2D eigenvalue weighted by Gasteiger charge is 2.38. The summed E-state index contributed by atoms with van der Waals surface area (Å²) in [6.45, 7) is 4.73. The van der Waals surface area contributed by atoms with E-state index in [0.29, 0.717) is 17.5 Å². The van der Waals surface area contributed by atoms with Crippen molar-refractivity contribution in [3.8, 4) is 51.0 Å². The maximum Gasteiger partial charge on any atom is 0.164 e. The van der Waals surface area contributed by atoms with Gasteiger partial charge in [-0.05, 0) is 52.6 Å². The lowest BCUT2D eigenvalue weighted by atomic mass is 9.81. The van der Waals surface area contributed by atoms with Crippen LogP contribution in [0.25, 0.3) is 93.0 Å². The fourth-order valence-electron chi connectivity index (χ4n) is 8.58. The number of benzene rings is 7. The molecule has 0 fully saturated rings. The first kappa shape index (κ1) is 30.2. The van der Waals surface area contributed by atoms with Gasteiger partial charge in [0, 0.05) is 58.7 Å². The first-order valence-electron chi connectivity index (χ1n) is 18.0. The molecule has 0 atom stereocenters. The van der Waals surface area contributed by atoms with Gasteiger partial charge in [-0.15, -0.1) is 11.3 Å². The van der Waals surface area contributed by atoms with Crippen molar-refractivity contribution in [2.24, 2.45) is 0 Å². The number of hydrogen-bond acceptors (Lipinski definition) is 4. The Labute approximate surface area is 310 Å². The maximum absolute atomic E-state index is 5.19. The highest BCUT2D eigenvalue weighted by atomic mass is 32.1. The molecule has 11 rings (SSSR count). The minimum Gasteiger partial charge on any atom is -0.309 e. The molecule has 0 amide bonds. The van der Waals surface area contributed by atoms with E-state index in [2.05, 4.69) is 158 Å². The molecule has 250 valence electrons. The number of hydrogen-bond donors (Lipinski definition) is 0. The SMILES string of the molecule is CC1(C)c2ccccc2-c2ccc3c4ccccc4n(-c4cccc(-c5nc(-c6ccccc6)nc(-c6ccc7c(c6)sc6ccccc67)n5)c4)c3c21. The molecule has 0 bridgehead atoms. The van der Waals surface area contributed by atoms with Crippen LogP contribution >= 0.6 is 11.3 Å². The van der Waals surface area contributed by atoms with E-state index in [-0.39, 0.29) is 5.41 Å². The first-order chi connectivity index (χ1) is 26.0. The van der Waals surface area contributed by atoms with Crippen molar-refractivity contribution in [2.45, 2.75) is 19.3 Å². The molecular formula is C48H32N4S. The molecule has 7 aromatic carbocycles. The highest BCUT2D eigenvalue weighted by Crippen LogP contribution is 2.53. The minimum atomic E-state index is -0.168. The normalized spacial score (nSPS) is 13.2. The van der Waals surface area contributed by atoms with Crippen LogP contribution in [0.5, 0.6) is 0 Å². The third-order valence-corrected chi connectivity index (χ3v) is 12.2. The predicted molar refractivity (Wildman–Crippen MR) is 221 cm³/mol. The Kier molecular flexibility index (Phi) is 6.43. The van der Waals surface area contributed by atoms with E-state index in [4.69, 9.17) is 15.0 Å². The van der Waals surface area contributed by atoms with Crippen molar-refractivity contribution in [2.75, 3.05) is 0 Å². The van der Waals surface area contributed by atoms with Gasteiger partial charge in [-0.2, -0.15) is 0 Å². The fraction of sp³-hybridized carbons (Fsp3) is 0.0625. The van der Waals surface area contributed by atoms with Gasteiger partial charge in [0.05, 0.1) is 11.0 Å². The Hall–Kier alpha value is -6.43. The third-order valence-electron chi connectivity index (χ3n) is 11.0. The van der Waals surface area contributed by atoms with Gasteiger partial charge in [0.25, 0.3) is 0 Å². The Morgan fingerprint density at radius 3 is 1.96 bits per heavy atom. The fourth-order valence-corrected chi connectivity index (χ4v) is 9.73. The van der Waals surface area contributed by atoms with Crippen LogP contribution in [0.4, 0.5) is 0 Å². The number of nitrogens with zero attached hydrogens (tertiary/aromatic N) is 4. The number of thiophene rings is 1. The van der Waals surface area contributed by atoms with Crippen molar-refractivity contribution in [3.63, 3.8) is 0 Å². The van der Waals surface area contributed by atoms with E-state index in [1.54, 1.807) is 11.3 Å². The van der Waals surface area contributed by atoms with Gasteiger partial charge in [-0.1, -0.05) is 141 Å². The van der Waals surface area contributed by atoms with Crippen molar-refractivity contribution in [1.29, 1.82) is 0 Å². The second kappa shape index (κ2) is 11.3. The van der Waals surface area contributed by atoms with Gasteiger partial charge < -0.3 is 4.57 Å². The molecule has 1 aliphatic rings. The van der Waals surface area contributed by atoms with E-state index in [9.17, 15) is 0 Å². The molecule has 1 aliphatic carbocycles. The molecule has 0 saturated carbocycles. The average molecular weight is 697 g/mol. The lowest BCUT2D eigenvalue weighted by molar-refractivity contribution is 0.664. The van der Waals surface area contributed by atoms with Crippen LogP contribution in [-0.2, 0) is 5.41 Å². The molecule has 0 aliphatic heterocycles. The lowest BCUT2D eigenvalue weighted by Crippen LogP contribution is -2.16. The summed E-state index contributed by atoms with van der Waals surface area (Å²) in [4.78, 5) is 15.4. The van der Waals surface area contributed by atoms with Crippen molar-refractivity contribution < 1.29 is 0 Å². The molecule has 0 N–H and O–H groups in total. The summed E-state index contributed by atoms with van der Waals surface area (Å²) in [7, 11) is 0. The van der Waals surface area contributed by atoms with Crippen LogP contribution in [0, 0.1) is 0 Å². The summed E-state index contributed by atoms with van der Waals surface area (Å²) < 4.78 is 4.95. The van der Waals surface area contributed by atoms with E-state index in [0.717, 1.165) is 22.4 Å². The molecule has 0 saturated heterocycles. The standard InChI is InChI=1S/C48H32N4S/c1-48(2)39-20-9-6-17-33(39)37-25-26-38-34-18-7-10-21-40(34)52(44(38)43(37)48)32-16-12-15-30(27-32)46-49-45(29-13-4-3-5-14-29)50-47(51-46)31-23-24-36-35-19-8-11-22-41(35)53-42(36)28-31/h3-28H,1-2H3. The van der Waals surface area contributed by atoms with E-state index >= 15 is 0 Å². The van der Waals surface area contributed by atoms with Crippen molar-refractivity contribution in [1.82, 2.24) is 19.5 Å². The van der Waals surface area contributed by atoms with Crippen LogP contribution in [0.3, 0.4) is 0 Å².